The van der Waals surface area contributed by atoms with Crippen LogP contribution in [0.3, 0.4) is 0 Å². The Morgan fingerprint density at radius 2 is 1.29 bits per heavy atom. The van der Waals surface area contributed by atoms with E-state index in [-0.39, 0.29) is 10.7 Å². The molecule has 2 atom stereocenters. The SMILES string of the molecule is CCCCC1(CCCC)c2cc(C(C)S)ccc2-c2ccc(C(C)CC)cc21. The molecule has 2 unspecified atom stereocenters. The third-order valence-electron chi connectivity index (χ3n) is 6.99. The molecule has 0 radical (unpaired) electrons. The molecule has 0 spiro atoms. The van der Waals surface area contributed by atoms with Crippen LogP contribution in [-0.2, 0) is 5.41 Å². The summed E-state index contributed by atoms with van der Waals surface area (Å²) in [5, 5.41) is 0.278. The number of hydrogen-bond donors (Lipinski definition) is 1. The summed E-state index contributed by atoms with van der Waals surface area (Å²) in [7, 11) is 0. The van der Waals surface area contributed by atoms with E-state index in [1.807, 2.05) is 0 Å². The first-order valence-corrected chi connectivity index (χ1v) is 12.0. The van der Waals surface area contributed by atoms with E-state index in [1.165, 1.54) is 67.2 Å². The van der Waals surface area contributed by atoms with Crippen LogP contribution < -0.4 is 0 Å². The van der Waals surface area contributed by atoms with Crippen molar-refractivity contribution >= 4 is 12.6 Å². The lowest BCUT2D eigenvalue weighted by Crippen LogP contribution is -2.26. The van der Waals surface area contributed by atoms with Gasteiger partial charge in [-0.15, -0.1) is 0 Å². The molecule has 3 rings (SSSR count). The summed E-state index contributed by atoms with van der Waals surface area (Å²) >= 11 is 4.74. The zero-order valence-electron chi connectivity index (χ0n) is 18.5. The van der Waals surface area contributed by atoms with Crippen LogP contribution in [0, 0.1) is 0 Å². The van der Waals surface area contributed by atoms with E-state index in [0.717, 1.165) is 0 Å². The number of benzene rings is 2. The van der Waals surface area contributed by atoms with Gasteiger partial charge < -0.3 is 0 Å². The van der Waals surface area contributed by atoms with Crippen LogP contribution in [-0.4, -0.2) is 0 Å². The summed E-state index contributed by atoms with van der Waals surface area (Å²) < 4.78 is 0. The molecule has 0 saturated carbocycles. The van der Waals surface area contributed by atoms with Crippen LogP contribution in [0.1, 0.15) is 113 Å². The Labute approximate surface area is 178 Å². The van der Waals surface area contributed by atoms with Crippen LogP contribution in [0.5, 0.6) is 0 Å². The molecule has 0 nitrogen and oxygen atoms in total. The topological polar surface area (TPSA) is 0 Å². The van der Waals surface area contributed by atoms with Crippen LogP contribution in [0.2, 0.25) is 0 Å². The minimum absolute atomic E-state index is 0.179. The van der Waals surface area contributed by atoms with Gasteiger partial charge in [-0.05, 0) is 65.5 Å². The van der Waals surface area contributed by atoms with Gasteiger partial charge in [0.1, 0.15) is 0 Å². The minimum atomic E-state index is 0.179. The number of thiol groups is 1. The molecule has 1 aliphatic carbocycles. The van der Waals surface area contributed by atoms with Gasteiger partial charge in [0.2, 0.25) is 0 Å². The number of hydrogen-bond acceptors (Lipinski definition) is 1. The normalized spacial score (nSPS) is 16.5. The average molecular weight is 395 g/mol. The Kier molecular flexibility index (Phi) is 6.97. The van der Waals surface area contributed by atoms with Crippen molar-refractivity contribution in [3.05, 3.63) is 58.7 Å². The predicted molar refractivity (Wildman–Crippen MR) is 128 cm³/mol. The lowest BCUT2D eigenvalue weighted by atomic mass is 9.70. The molecule has 2 aromatic rings. The van der Waals surface area contributed by atoms with Crippen molar-refractivity contribution in [2.75, 3.05) is 0 Å². The summed E-state index contributed by atoms with van der Waals surface area (Å²) in [5.41, 5.74) is 9.17. The van der Waals surface area contributed by atoms with Gasteiger partial charge in [-0.2, -0.15) is 12.6 Å². The standard InChI is InChI=1S/C27H38S/c1-6-9-15-27(16-10-7-2)25-17-21(19(4)8-3)11-13-23(25)24-14-12-22(20(5)28)18-26(24)27/h11-14,17-20,28H,6-10,15-16H2,1-5H3. The molecular weight excluding hydrogens is 356 g/mol. The van der Waals surface area contributed by atoms with E-state index in [2.05, 4.69) is 71.0 Å². The van der Waals surface area contributed by atoms with E-state index in [9.17, 15) is 0 Å². The summed E-state index contributed by atoms with van der Waals surface area (Å²) in [5.74, 6) is 0.622. The molecular formula is C27H38S. The van der Waals surface area contributed by atoms with Gasteiger partial charge in [0, 0.05) is 10.7 Å². The van der Waals surface area contributed by atoms with Crippen molar-refractivity contribution in [1.82, 2.24) is 0 Å². The fourth-order valence-corrected chi connectivity index (χ4v) is 5.11. The van der Waals surface area contributed by atoms with E-state index in [1.54, 1.807) is 11.1 Å². The lowest BCUT2D eigenvalue weighted by molar-refractivity contribution is 0.414. The van der Waals surface area contributed by atoms with Gasteiger partial charge in [-0.1, -0.05) is 89.8 Å². The third kappa shape index (κ3) is 3.80. The highest BCUT2D eigenvalue weighted by Crippen LogP contribution is 2.55. The highest BCUT2D eigenvalue weighted by Gasteiger charge is 2.42. The molecule has 152 valence electrons. The lowest BCUT2D eigenvalue weighted by Gasteiger charge is -2.33. The van der Waals surface area contributed by atoms with Gasteiger partial charge in [0.15, 0.2) is 0 Å². The monoisotopic (exact) mass is 394 g/mol. The van der Waals surface area contributed by atoms with Gasteiger partial charge in [0.25, 0.3) is 0 Å². The molecule has 0 bridgehead atoms. The number of fused-ring (bicyclic) bond motifs is 3. The van der Waals surface area contributed by atoms with Crippen molar-refractivity contribution in [3.8, 4) is 11.1 Å². The number of rotatable bonds is 9. The average Bonchev–Trinajstić information content (AvgIpc) is 2.99. The quantitative estimate of drug-likeness (QED) is 0.403. The molecule has 0 aromatic heterocycles. The van der Waals surface area contributed by atoms with Crippen LogP contribution >= 0.6 is 12.6 Å². The van der Waals surface area contributed by atoms with E-state index < -0.39 is 0 Å². The van der Waals surface area contributed by atoms with Gasteiger partial charge in [-0.3, -0.25) is 0 Å². The second-order valence-corrected chi connectivity index (χ2v) is 9.66. The highest BCUT2D eigenvalue weighted by molar-refractivity contribution is 7.80. The first-order chi connectivity index (χ1) is 13.5. The van der Waals surface area contributed by atoms with E-state index in [0.29, 0.717) is 5.92 Å². The van der Waals surface area contributed by atoms with Gasteiger partial charge in [-0.25, -0.2) is 0 Å². The first-order valence-electron chi connectivity index (χ1n) is 11.5. The Balaban J connectivity index is 2.23. The Bertz CT molecular complexity index is 794. The van der Waals surface area contributed by atoms with Crippen LogP contribution in [0.25, 0.3) is 11.1 Å². The van der Waals surface area contributed by atoms with Crippen molar-refractivity contribution in [1.29, 1.82) is 0 Å². The molecule has 0 N–H and O–H groups in total. The molecule has 0 saturated heterocycles. The molecule has 0 fully saturated rings. The Hall–Kier alpha value is -1.21. The molecule has 1 aliphatic rings. The second kappa shape index (κ2) is 9.08. The van der Waals surface area contributed by atoms with Crippen molar-refractivity contribution in [2.24, 2.45) is 0 Å². The summed E-state index contributed by atoms with van der Waals surface area (Å²) in [4.78, 5) is 0. The maximum absolute atomic E-state index is 4.74. The van der Waals surface area contributed by atoms with Crippen molar-refractivity contribution < 1.29 is 0 Å². The third-order valence-corrected chi connectivity index (χ3v) is 7.28. The van der Waals surface area contributed by atoms with Crippen molar-refractivity contribution in [2.45, 2.75) is 96.1 Å². The van der Waals surface area contributed by atoms with Gasteiger partial charge >= 0.3 is 0 Å². The first kappa shape index (κ1) is 21.5. The molecule has 0 aliphatic heterocycles. The Morgan fingerprint density at radius 1 is 0.786 bits per heavy atom. The predicted octanol–water partition coefficient (Wildman–Crippen LogP) is 8.84. The fourth-order valence-electron chi connectivity index (χ4n) is 4.95. The maximum atomic E-state index is 4.74. The summed E-state index contributed by atoms with van der Waals surface area (Å²) in [6.45, 7) is 11.5. The number of unbranched alkanes of at least 4 members (excludes halogenated alkanes) is 2. The zero-order chi connectivity index (χ0) is 20.3. The molecule has 0 amide bonds. The van der Waals surface area contributed by atoms with Crippen LogP contribution in [0.4, 0.5) is 0 Å². The largest absolute Gasteiger partial charge is 0.171 e. The molecule has 28 heavy (non-hydrogen) atoms. The van der Waals surface area contributed by atoms with E-state index >= 15 is 0 Å². The zero-order valence-corrected chi connectivity index (χ0v) is 19.4. The second-order valence-electron chi connectivity index (χ2n) is 8.88. The smallest absolute Gasteiger partial charge is 0.0238 e. The summed E-state index contributed by atoms with van der Waals surface area (Å²) in [6.07, 6.45) is 8.81. The summed E-state index contributed by atoms with van der Waals surface area (Å²) in [6, 6.07) is 14.5. The van der Waals surface area contributed by atoms with Crippen LogP contribution in [0.15, 0.2) is 36.4 Å². The molecule has 2 aromatic carbocycles. The molecule has 1 heteroatoms. The fraction of sp³-hybridized carbons (Fsp3) is 0.556. The van der Waals surface area contributed by atoms with Gasteiger partial charge in [0.05, 0.1) is 0 Å². The Morgan fingerprint density at radius 3 is 1.75 bits per heavy atom. The highest BCUT2D eigenvalue weighted by atomic mass is 32.1. The van der Waals surface area contributed by atoms with Crippen molar-refractivity contribution in [3.63, 3.8) is 0 Å². The molecule has 0 heterocycles. The van der Waals surface area contributed by atoms with E-state index in [4.69, 9.17) is 12.6 Å². The minimum Gasteiger partial charge on any atom is -0.171 e. The maximum Gasteiger partial charge on any atom is 0.0238 e.